The lowest BCUT2D eigenvalue weighted by Crippen LogP contribution is -2.57. The molecule has 0 aromatic heterocycles. The van der Waals surface area contributed by atoms with E-state index in [1.807, 2.05) is 0 Å². The second kappa shape index (κ2) is 5.82. The highest BCUT2D eigenvalue weighted by Gasteiger charge is 2.42. The lowest BCUT2D eigenvalue weighted by atomic mass is 9.66. The van der Waals surface area contributed by atoms with Crippen molar-refractivity contribution in [1.82, 2.24) is 5.32 Å². The third-order valence-electron chi connectivity index (χ3n) is 5.68. The minimum Gasteiger partial charge on any atom is -0.369 e. The molecule has 2 aliphatic rings. The van der Waals surface area contributed by atoms with E-state index in [1.54, 1.807) is 0 Å². The van der Waals surface area contributed by atoms with Crippen LogP contribution in [0.3, 0.4) is 0 Å². The number of hydrogen-bond acceptors (Lipinski definition) is 2. The van der Waals surface area contributed by atoms with E-state index in [0.29, 0.717) is 23.9 Å². The molecule has 1 aliphatic carbocycles. The summed E-state index contributed by atoms with van der Waals surface area (Å²) >= 11 is 0. The topological polar surface area (TPSA) is 55.1 Å². The molecule has 0 aromatic rings. The van der Waals surface area contributed by atoms with Crippen molar-refractivity contribution in [1.29, 1.82) is 0 Å². The van der Waals surface area contributed by atoms with E-state index in [9.17, 15) is 4.79 Å². The van der Waals surface area contributed by atoms with Gasteiger partial charge >= 0.3 is 0 Å². The molecule has 1 saturated carbocycles. The van der Waals surface area contributed by atoms with Crippen molar-refractivity contribution in [2.45, 2.75) is 65.5 Å². The summed E-state index contributed by atoms with van der Waals surface area (Å²) in [5, 5.41) is 3.68. The Bertz CT molecular complexity index is 331. The predicted molar refractivity (Wildman–Crippen MR) is 78.5 cm³/mol. The first-order valence-corrected chi connectivity index (χ1v) is 7.95. The van der Waals surface area contributed by atoms with Gasteiger partial charge in [-0.25, -0.2) is 0 Å². The zero-order valence-corrected chi connectivity index (χ0v) is 12.9. The maximum atomic E-state index is 11.9. The van der Waals surface area contributed by atoms with E-state index in [4.69, 9.17) is 5.73 Å². The van der Waals surface area contributed by atoms with Crippen molar-refractivity contribution in [3.8, 4) is 0 Å². The van der Waals surface area contributed by atoms with Gasteiger partial charge in [0, 0.05) is 12.1 Å². The molecule has 3 nitrogen and oxygen atoms in total. The Labute approximate surface area is 117 Å². The van der Waals surface area contributed by atoms with Crippen LogP contribution < -0.4 is 11.1 Å². The van der Waals surface area contributed by atoms with Gasteiger partial charge in [-0.3, -0.25) is 4.79 Å². The first-order valence-electron chi connectivity index (χ1n) is 7.95. The highest BCUT2D eigenvalue weighted by Crippen LogP contribution is 2.40. The van der Waals surface area contributed by atoms with Crippen molar-refractivity contribution in [2.75, 3.05) is 0 Å². The fourth-order valence-corrected chi connectivity index (χ4v) is 4.36. The van der Waals surface area contributed by atoms with Gasteiger partial charge in [-0.15, -0.1) is 0 Å². The first kappa shape index (κ1) is 14.8. The molecule has 1 amide bonds. The van der Waals surface area contributed by atoms with Crippen LogP contribution in [0.15, 0.2) is 0 Å². The summed E-state index contributed by atoms with van der Waals surface area (Å²) in [6.45, 7) is 9.13. The fourth-order valence-electron chi connectivity index (χ4n) is 4.36. The molecule has 1 aliphatic heterocycles. The molecule has 19 heavy (non-hydrogen) atoms. The van der Waals surface area contributed by atoms with Crippen LogP contribution in [0.5, 0.6) is 0 Å². The molecule has 0 bridgehead atoms. The molecule has 2 rings (SSSR count). The van der Waals surface area contributed by atoms with Crippen molar-refractivity contribution in [2.24, 2.45) is 35.3 Å². The molecule has 1 saturated heterocycles. The van der Waals surface area contributed by atoms with Crippen LogP contribution in [0.25, 0.3) is 0 Å². The highest BCUT2D eigenvalue weighted by molar-refractivity contribution is 5.78. The van der Waals surface area contributed by atoms with Crippen molar-refractivity contribution >= 4 is 5.91 Å². The third-order valence-corrected chi connectivity index (χ3v) is 5.68. The maximum Gasteiger partial charge on any atom is 0.222 e. The van der Waals surface area contributed by atoms with Crippen molar-refractivity contribution in [3.05, 3.63) is 0 Å². The predicted octanol–water partition coefficient (Wildman–Crippen LogP) is 2.55. The zero-order chi connectivity index (χ0) is 14.2. The molecule has 0 aromatic carbocycles. The molecule has 0 spiro atoms. The third kappa shape index (κ3) is 3.13. The number of rotatable bonds is 2. The zero-order valence-electron chi connectivity index (χ0n) is 12.9. The second-order valence-electron chi connectivity index (χ2n) is 7.26. The number of carbonyl (C=O) groups is 1. The summed E-state index contributed by atoms with van der Waals surface area (Å²) in [6, 6.07) is 0.802. The molecular weight excluding hydrogens is 236 g/mol. The van der Waals surface area contributed by atoms with Gasteiger partial charge in [-0.1, -0.05) is 27.2 Å². The molecule has 3 N–H and O–H groups in total. The van der Waals surface area contributed by atoms with Gasteiger partial charge in [0.05, 0.1) is 5.92 Å². The van der Waals surface area contributed by atoms with E-state index >= 15 is 0 Å². The van der Waals surface area contributed by atoms with Gasteiger partial charge in [0.15, 0.2) is 0 Å². The monoisotopic (exact) mass is 266 g/mol. The molecule has 2 fully saturated rings. The number of amides is 1. The Kier molecular flexibility index (Phi) is 4.54. The maximum absolute atomic E-state index is 11.9. The largest absolute Gasteiger partial charge is 0.369 e. The Morgan fingerprint density at radius 3 is 2.26 bits per heavy atom. The van der Waals surface area contributed by atoms with E-state index < -0.39 is 0 Å². The normalized spacial score (nSPS) is 47.9. The molecular formula is C16H30N2O. The summed E-state index contributed by atoms with van der Waals surface area (Å²) in [4.78, 5) is 11.9. The lowest BCUT2D eigenvalue weighted by Gasteiger charge is -2.46. The summed E-state index contributed by atoms with van der Waals surface area (Å²) in [5.74, 6) is 2.52. The van der Waals surface area contributed by atoms with Crippen LogP contribution in [-0.2, 0) is 4.79 Å². The minimum atomic E-state index is -0.108. The van der Waals surface area contributed by atoms with Crippen LogP contribution in [-0.4, -0.2) is 18.0 Å². The number of hydrogen-bond donors (Lipinski definition) is 2. The average molecular weight is 266 g/mol. The average Bonchev–Trinajstić information content (AvgIpc) is 2.31. The van der Waals surface area contributed by atoms with Crippen LogP contribution in [0.4, 0.5) is 0 Å². The van der Waals surface area contributed by atoms with E-state index in [1.165, 1.54) is 19.3 Å². The number of carbonyl (C=O) groups excluding carboxylic acids is 1. The van der Waals surface area contributed by atoms with Crippen LogP contribution >= 0.6 is 0 Å². The summed E-state index contributed by atoms with van der Waals surface area (Å²) < 4.78 is 0. The Morgan fingerprint density at radius 1 is 1.00 bits per heavy atom. The SMILES string of the molecule is CC1CC(C)C(C(N)=O)C(C2CCC(C)C(C)C2)N1. The summed E-state index contributed by atoms with van der Waals surface area (Å²) in [5.41, 5.74) is 5.68. The first-order chi connectivity index (χ1) is 8.90. The number of primary amides is 1. The van der Waals surface area contributed by atoms with Gasteiger partial charge in [-0.2, -0.15) is 0 Å². The smallest absolute Gasteiger partial charge is 0.222 e. The lowest BCUT2D eigenvalue weighted by molar-refractivity contribution is -0.126. The van der Waals surface area contributed by atoms with Crippen LogP contribution in [0.2, 0.25) is 0 Å². The second-order valence-corrected chi connectivity index (χ2v) is 7.26. The summed E-state index contributed by atoms with van der Waals surface area (Å²) in [7, 11) is 0. The Balaban J connectivity index is 2.12. The Morgan fingerprint density at radius 2 is 1.68 bits per heavy atom. The quantitative estimate of drug-likeness (QED) is 0.807. The molecule has 7 atom stereocenters. The minimum absolute atomic E-state index is 0.0156. The van der Waals surface area contributed by atoms with Crippen LogP contribution in [0, 0.1) is 29.6 Å². The van der Waals surface area contributed by atoms with E-state index in [2.05, 4.69) is 33.0 Å². The molecule has 1 heterocycles. The number of nitrogens with two attached hydrogens (primary N) is 1. The van der Waals surface area contributed by atoms with Gasteiger partial charge < -0.3 is 11.1 Å². The van der Waals surface area contributed by atoms with Crippen molar-refractivity contribution < 1.29 is 4.79 Å². The van der Waals surface area contributed by atoms with Crippen LogP contribution in [0.1, 0.15) is 53.4 Å². The van der Waals surface area contributed by atoms with E-state index in [0.717, 1.165) is 18.3 Å². The standard InChI is InChI=1S/C16H30N2O/c1-9-5-6-13(8-10(9)2)15-14(16(17)19)11(3)7-12(4)18-15/h9-15,18H,5-8H2,1-4H3,(H2,17,19). The fraction of sp³-hybridized carbons (Fsp3) is 0.938. The molecule has 3 heteroatoms. The van der Waals surface area contributed by atoms with Gasteiger partial charge in [0.1, 0.15) is 0 Å². The molecule has 110 valence electrons. The Hall–Kier alpha value is -0.570. The van der Waals surface area contributed by atoms with Gasteiger partial charge in [0.25, 0.3) is 0 Å². The molecule has 7 unspecified atom stereocenters. The van der Waals surface area contributed by atoms with E-state index in [-0.39, 0.29) is 11.8 Å². The molecule has 0 radical (unpaired) electrons. The number of piperidine rings is 1. The van der Waals surface area contributed by atoms with Gasteiger partial charge in [-0.05, 0) is 49.9 Å². The summed E-state index contributed by atoms with van der Waals surface area (Å²) in [6.07, 6.45) is 4.83. The number of nitrogens with one attached hydrogen (secondary N) is 1. The van der Waals surface area contributed by atoms with Gasteiger partial charge in [0.2, 0.25) is 5.91 Å². The highest BCUT2D eigenvalue weighted by atomic mass is 16.1. The van der Waals surface area contributed by atoms with Crippen molar-refractivity contribution in [3.63, 3.8) is 0 Å².